The molecule has 96 valence electrons. The number of thioether (sulfide) groups is 1. The van der Waals surface area contributed by atoms with Gasteiger partial charge in [-0.05, 0) is 39.2 Å². The first-order valence-corrected chi connectivity index (χ1v) is 7.19. The summed E-state index contributed by atoms with van der Waals surface area (Å²) in [5.74, 6) is 0.280. The van der Waals surface area contributed by atoms with Crippen LogP contribution in [-0.2, 0) is 0 Å². The summed E-state index contributed by atoms with van der Waals surface area (Å²) in [6.45, 7) is 6.01. The molecule has 0 amide bonds. The van der Waals surface area contributed by atoms with Gasteiger partial charge in [-0.25, -0.2) is 0 Å². The van der Waals surface area contributed by atoms with E-state index in [1.54, 1.807) is 11.8 Å². The smallest absolute Gasteiger partial charge is 0.164 e. The Morgan fingerprint density at radius 1 is 1.33 bits per heavy atom. The fourth-order valence-corrected chi connectivity index (χ4v) is 2.44. The number of nitrogens with zero attached hydrogens (tertiary/aromatic N) is 2. The molecule has 4 heteroatoms. The van der Waals surface area contributed by atoms with Gasteiger partial charge < -0.3 is 5.11 Å². The third kappa shape index (κ3) is 2.25. The van der Waals surface area contributed by atoms with Crippen LogP contribution in [0.1, 0.15) is 25.6 Å². The molecule has 0 fully saturated rings. The minimum Gasteiger partial charge on any atom is -0.504 e. The van der Waals surface area contributed by atoms with Gasteiger partial charge in [0.25, 0.3) is 0 Å². The maximum absolute atomic E-state index is 10.2. The van der Waals surface area contributed by atoms with E-state index in [0.29, 0.717) is 5.69 Å². The molecule has 1 aromatic carbocycles. The van der Waals surface area contributed by atoms with E-state index < -0.39 is 0 Å². The quantitative estimate of drug-likeness (QED) is 0.853. The van der Waals surface area contributed by atoms with Crippen molar-refractivity contribution in [1.29, 1.82) is 0 Å². The zero-order valence-corrected chi connectivity index (χ0v) is 12.0. The average Bonchev–Trinajstić information content (AvgIpc) is 2.67. The van der Waals surface area contributed by atoms with E-state index in [2.05, 4.69) is 31.1 Å². The first-order chi connectivity index (χ1) is 8.54. The van der Waals surface area contributed by atoms with Gasteiger partial charge in [0.05, 0.1) is 5.69 Å². The molecule has 0 spiro atoms. The maximum atomic E-state index is 10.2. The summed E-state index contributed by atoms with van der Waals surface area (Å²) in [5.41, 5.74) is 2.44. The molecule has 0 radical (unpaired) electrons. The summed E-state index contributed by atoms with van der Waals surface area (Å²) in [7, 11) is 0. The van der Waals surface area contributed by atoms with Crippen LogP contribution in [0.25, 0.3) is 11.3 Å². The molecule has 0 saturated carbocycles. The second kappa shape index (κ2) is 5.06. The third-order valence-electron chi connectivity index (χ3n) is 2.95. The van der Waals surface area contributed by atoms with Crippen LogP contribution in [0, 0.1) is 6.92 Å². The predicted octanol–water partition coefficient (Wildman–Crippen LogP) is 3.87. The molecule has 0 saturated heterocycles. The largest absolute Gasteiger partial charge is 0.504 e. The molecule has 0 unspecified atom stereocenters. The van der Waals surface area contributed by atoms with Crippen molar-refractivity contribution in [3.05, 3.63) is 30.0 Å². The molecule has 2 rings (SSSR count). The summed E-state index contributed by atoms with van der Waals surface area (Å²) >= 11 is 1.68. The molecule has 18 heavy (non-hydrogen) atoms. The molecule has 3 nitrogen and oxygen atoms in total. The van der Waals surface area contributed by atoms with Crippen LogP contribution in [0.5, 0.6) is 5.75 Å². The number of rotatable bonds is 3. The summed E-state index contributed by atoms with van der Waals surface area (Å²) in [6, 6.07) is 8.32. The summed E-state index contributed by atoms with van der Waals surface area (Å²) < 4.78 is 1.86. The molecule has 0 aliphatic rings. The lowest BCUT2D eigenvalue weighted by Gasteiger charge is -2.06. The first-order valence-electron chi connectivity index (χ1n) is 5.97. The van der Waals surface area contributed by atoms with Crippen molar-refractivity contribution in [3.8, 4) is 17.0 Å². The van der Waals surface area contributed by atoms with Crippen molar-refractivity contribution in [3.63, 3.8) is 0 Å². The molecule has 0 aliphatic heterocycles. The van der Waals surface area contributed by atoms with Gasteiger partial charge in [0, 0.05) is 16.5 Å². The van der Waals surface area contributed by atoms with Crippen molar-refractivity contribution in [2.75, 3.05) is 6.26 Å². The Morgan fingerprint density at radius 3 is 2.61 bits per heavy atom. The second-order valence-electron chi connectivity index (χ2n) is 4.55. The Morgan fingerprint density at radius 2 is 2.06 bits per heavy atom. The molecule has 2 aromatic rings. The molecule has 0 atom stereocenters. The number of aromatic nitrogens is 2. The highest BCUT2D eigenvalue weighted by Gasteiger charge is 2.16. The van der Waals surface area contributed by atoms with Gasteiger partial charge in [-0.15, -0.1) is 11.8 Å². The average molecular weight is 262 g/mol. The molecular weight excluding hydrogens is 244 g/mol. The third-order valence-corrected chi connectivity index (χ3v) is 3.68. The van der Waals surface area contributed by atoms with Crippen molar-refractivity contribution in [2.45, 2.75) is 31.7 Å². The molecule has 0 aliphatic carbocycles. The standard InChI is InChI=1S/C14H18N2OS/c1-9(2)16-10(3)14(17)13(15-16)11-6-5-7-12(8-11)18-4/h5-9,17H,1-4H3. The summed E-state index contributed by atoms with van der Waals surface area (Å²) in [4.78, 5) is 1.17. The summed E-state index contributed by atoms with van der Waals surface area (Å²) in [6.07, 6.45) is 2.04. The Kier molecular flexibility index (Phi) is 3.66. The fraction of sp³-hybridized carbons (Fsp3) is 0.357. The van der Waals surface area contributed by atoms with E-state index in [4.69, 9.17) is 0 Å². The van der Waals surface area contributed by atoms with Gasteiger partial charge in [-0.2, -0.15) is 5.10 Å². The first kappa shape index (κ1) is 13.0. The van der Waals surface area contributed by atoms with E-state index in [-0.39, 0.29) is 11.8 Å². The molecular formula is C14H18N2OS. The van der Waals surface area contributed by atoms with Crippen LogP contribution in [0.3, 0.4) is 0 Å². The molecule has 1 N–H and O–H groups in total. The van der Waals surface area contributed by atoms with Gasteiger partial charge >= 0.3 is 0 Å². The SMILES string of the molecule is CSc1cccc(-c2nn(C(C)C)c(C)c2O)c1. The minimum absolute atomic E-state index is 0.244. The summed E-state index contributed by atoms with van der Waals surface area (Å²) in [5, 5.41) is 14.7. The second-order valence-corrected chi connectivity index (χ2v) is 5.43. The van der Waals surface area contributed by atoms with Gasteiger partial charge in [-0.1, -0.05) is 12.1 Å². The van der Waals surface area contributed by atoms with Crippen LogP contribution in [0.15, 0.2) is 29.2 Å². The van der Waals surface area contributed by atoms with Gasteiger partial charge in [0.2, 0.25) is 0 Å². The Labute approximate surface area is 112 Å². The monoisotopic (exact) mass is 262 g/mol. The van der Waals surface area contributed by atoms with Crippen LogP contribution in [-0.4, -0.2) is 21.1 Å². The van der Waals surface area contributed by atoms with Crippen molar-refractivity contribution >= 4 is 11.8 Å². The highest BCUT2D eigenvalue weighted by atomic mass is 32.2. The normalized spacial score (nSPS) is 11.2. The Balaban J connectivity index is 2.53. The number of aromatic hydroxyl groups is 1. The number of hydrogen-bond acceptors (Lipinski definition) is 3. The highest BCUT2D eigenvalue weighted by molar-refractivity contribution is 7.98. The lowest BCUT2D eigenvalue weighted by molar-refractivity contribution is 0.461. The maximum Gasteiger partial charge on any atom is 0.164 e. The van der Waals surface area contributed by atoms with Crippen molar-refractivity contribution < 1.29 is 5.11 Å². The lowest BCUT2D eigenvalue weighted by atomic mass is 10.1. The zero-order chi connectivity index (χ0) is 13.3. The van der Waals surface area contributed by atoms with Gasteiger partial charge in [0.1, 0.15) is 5.69 Å². The molecule has 0 bridgehead atoms. The fourth-order valence-electron chi connectivity index (χ4n) is 1.98. The Hall–Kier alpha value is -1.42. The van der Waals surface area contributed by atoms with Gasteiger partial charge in [0.15, 0.2) is 5.75 Å². The minimum atomic E-state index is 0.244. The van der Waals surface area contributed by atoms with E-state index >= 15 is 0 Å². The van der Waals surface area contributed by atoms with E-state index in [1.807, 2.05) is 30.0 Å². The van der Waals surface area contributed by atoms with Crippen LogP contribution in [0.2, 0.25) is 0 Å². The van der Waals surface area contributed by atoms with E-state index in [1.165, 1.54) is 4.90 Å². The topological polar surface area (TPSA) is 38.0 Å². The lowest BCUT2D eigenvalue weighted by Crippen LogP contribution is -2.04. The number of hydrogen-bond donors (Lipinski definition) is 1. The Bertz CT molecular complexity index is 561. The van der Waals surface area contributed by atoms with Crippen LogP contribution in [0.4, 0.5) is 0 Å². The zero-order valence-electron chi connectivity index (χ0n) is 11.1. The highest BCUT2D eigenvalue weighted by Crippen LogP contribution is 2.33. The van der Waals surface area contributed by atoms with Crippen molar-refractivity contribution in [2.24, 2.45) is 0 Å². The molecule has 1 aromatic heterocycles. The predicted molar refractivity (Wildman–Crippen MR) is 76.2 cm³/mol. The number of benzene rings is 1. The van der Waals surface area contributed by atoms with Gasteiger partial charge in [-0.3, -0.25) is 4.68 Å². The van der Waals surface area contributed by atoms with E-state index in [9.17, 15) is 5.11 Å². The van der Waals surface area contributed by atoms with E-state index in [0.717, 1.165) is 11.3 Å². The van der Waals surface area contributed by atoms with Crippen molar-refractivity contribution in [1.82, 2.24) is 9.78 Å². The van der Waals surface area contributed by atoms with Crippen LogP contribution >= 0.6 is 11.8 Å². The molecule has 1 heterocycles. The van der Waals surface area contributed by atoms with Crippen LogP contribution < -0.4 is 0 Å².